The van der Waals surface area contributed by atoms with E-state index in [1.165, 1.54) is 6.20 Å². The standard InChI is InChI=1S/C20H21BrClFN4O3/c1-9-7-27-13(8-26(9)19(29)30-20(2,3)4)18(28)25-12-6-24-16-10(17(12)27)5-11(22)14(21)15(16)23/h5-6,9,13H,7-8H2,1-4H3,(H,25,28)/t9-,13-/m1/s1. The fraction of sp³-hybridized carbons (Fsp3) is 0.450. The van der Waals surface area contributed by atoms with Gasteiger partial charge < -0.3 is 19.9 Å². The molecular formula is C20H21BrClFN4O3. The molecule has 1 saturated heterocycles. The van der Waals surface area contributed by atoms with Gasteiger partial charge in [-0.2, -0.15) is 0 Å². The second kappa shape index (κ2) is 7.23. The molecule has 7 nitrogen and oxygen atoms in total. The summed E-state index contributed by atoms with van der Waals surface area (Å²) in [5, 5.41) is 3.54. The summed E-state index contributed by atoms with van der Waals surface area (Å²) < 4.78 is 20.4. The third-order valence-electron chi connectivity index (χ3n) is 5.18. The predicted octanol–water partition coefficient (Wildman–Crippen LogP) is 4.56. The molecule has 0 saturated carbocycles. The number of anilines is 2. The first-order valence-corrected chi connectivity index (χ1v) is 10.7. The Kier molecular flexibility index (Phi) is 5.09. The molecule has 1 fully saturated rings. The lowest BCUT2D eigenvalue weighted by atomic mass is 10.00. The molecule has 0 unspecified atom stereocenters. The van der Waals surface area contributed by atoms with Gasteiger partial charge in [0, 0.05) is 18.0 Å². The lowest BCUT2D eigenvalue weighted by molar-refractivity contribution is -0.118. The molecule has 1 aromatic carbocycles. The van der Waals surface area contributed by atoms with Crippen LogP contribution in [0.3, 0.4) is 0 Å². The maximum atomic E-state index is 14.8. The molecule has 1 aromatic heterocycles. The molecular weight excluding hydrogens is 479 g/mol. The van der Waals surface area contributed by atoms with Crippen LogP contribution in [-0.2, 0) is 9.53 Å². The predicted molar refractivity (Wildman–Crippen MR) is 117 cm³/mol. The zero-order valence-corrected chi connectivity index (χ0v) is 19.3. The summed E-state index contributed by atoms with van der Waals surface area (Å²) in [6.07, 6.45) is 0.978. The molecule has 3 heterocycles. The van der Waals surface area contributed by atoms with Crippen LogP contribution in [0, 0.1) is 5.82 Å². The zero-order chi connectivity index (χ0) is 22.0. The van der Waals surface area contributed by atoms with Gasteiger partial charge in [0.2, 0.25) is 5.91 Å². The summed E-state index contributed by atoms with van der Waals surface area (Å²) in [6.45, 7) is 7.80. The number of rotatable bonds is 0. The lowest BCUT2D eigenvalue weighted by Gasteiger charge is -2.48. The van der Waals surface area contributed by atoms with Gasteiger partial charge in [0.05, 0.1) is 33.6 Å². The van der Waals surface area contributed by atoms with E-state index in [2.05, 4.69) is 26.2 Å². The number of benzene rings is 1. The molecule has 0 spiro atoms. The van der Waals surface area contributed by atoms with Crippen LogP contribution in [0.25, 0.3) is 10.9 Å². The summed E-state index contributed by atoms with van der Waals surface area (Å²) in [5.41, 5.74) is 0.647. The van der Waals surface area contributed by atoms with Crippen molar-refractivity contribution in [1.29, 1.82) is 0 Å². The van der Waals surface area contributed by atoms with E-state index in [-0.39, 0.29) is 33.5 Å². The van der Waals surface area contributed by atoms with Gasteiger partial charge in [0.15, 0.2) is 5.82 Å². The van der Waals surface area contributed by atoms with Crippen LogP contribution < -0.4 is 10.2 Å². The number of hydrogen-bond donors (Lipinski definition) is 1. The topological polar surface area (TPSA) is 74.8 Å². The summed E-state index contributed by atoms with van der Waals surface area (Å²) in [7, 11) is 0. The van der Waals surface area contributed by atoms with Crippen molar-refractivity contribution in [2.45, 2.75) is 45.4 Å². The Morgan fingerprint density at radius 1 is 1.40 bits per heavy atom. The normalized spacial score (nSPS) is 21.2. The molecule has 30 heavy (non-hydrogen) atoms. The van der Waals surface area contributed by atoms with Gasteiger partial charge in [-0.05, 0) is 49.7 Å². The number of halogens is 3. The monoisotopic (exact) mass is 498 g/mol. The van der Waals surface area contributed by atoms with E-state index in [9.17, 15) is 14.0 Å². The van der Waals surface area contributed by atoms with E-state index < -0.39 is 23.6 Å². The maximum absolute atomic E-state index is 14.8. The van der Waals surface area contributed by atoms with Crippen molar-refractivity contribution in [3.05, 3.63) is 27.6 Å². The van der Waals surface area contributed by atoms with Crippen LogP contribution in [0.2, 0.25) is 5.02 Å². The Hall–Kier alpha value is -2.13. The number of nitrogens with zero attached hydrogens (tertiary/aromatic N) is 3. The molecule has 10 heteroatoms. The Morgan fingerprint density at radius 2 is 2.10 bits per heavy atom. The summed E-state index contributed by atoms with van der Waals surface area (Å²) in [5.74, 6) is -0.818. The molecule has 160 valence electrons. The molecule has 0 aliphatic carbocycles. The lowest BCUT2D eigenvalue weighted by Crippen LogP contribution is -2.64. The Balaban J connectivity index is 1.77. The summed E-state index contributed by atoms with van der Waals surface area (Å²) in [4.78, 5) is 33.1. The van der Waals surface area contributed by atoms with Crippen LogP contribution in [-0.4, -0.2) is 52.7 Å². The van der Waals surface area contributed by atoms with Gasteiger partial charge in [-0.25, -0.2) is 9.18 Å². The van der Waals surface area contributed by atoms with Crippen molar-refractivity contribution in [2.75, 3.05) is 23.3 Å². The average molecular weight is 500 g/mol. The quantitative estimate of drug-likeness (QED) is 0.538. The van der Waals surface area contributed by atoms with Crippen molar-refractivity contribution in [2.24, 2.45) is 0 Å². The Morgan fingerprint density at radius 3 is 2.77 bits per heavy atom. The van der Waals surface area contributed by atoms with Crippen LogP contribution in [0.1, 0.15) is 27.7 Å². The molecule has 0 bridgehead atoms. The second-order valence-corrected chi connectivity index (χ2v) is 9.74. The average Bonchev–Trinajstić information content (AvgIpc) is 2.64. The number of ether oxygens (including phenoxy) is 1. The van der Waals surface area contributed by atoms with E-state index in [0.29, 0.717) is 23.3 Å². The third kappa shape index (κ3) is 3.47. The molecule has 4 rings (SSSR count). The number of piperazine rings is 1. The van der Waals surface area contributed by atoms with Gasteiger partial charge in [-0.3, -0.25) is 9.78 Å². The van der Waals surface area contributed by atoms with Gasteiger partial charge in [-0.15, -0.1) is 0 Å². The second-order valence-electron chi connectivity index (χ2n) is 8.54. The molecule has 2 amide bonds. The van der Waals surface area contributed by atoms with Crippen molar-refractivity contribution in [3.63, 3.8) is 0 Å². The van der Waals surface area contributed by atoms with Gasteiger partial charge in [0.1, 0.15) is 17.2 Å². The minimum absolute atomic E-state index is 0.142. The van der Waals surface area contributed by atoms with Crippen LogP contribution in [0.4, 0.5) is 20.6 Å². The number of pyridine rings is 1. The van der Waals surface area contributed by atoms with Crippen molar-refractivity contribution >= 4 is 61.8 Å². The summed E-state index contributed by atoms with van der Waals surface area (Å²) >= 11 is 9.35. The summed E-state index contributed by atoms with van der Waals surface area (Å²) in [6, 6.07) is 0.765. The van der Waals surface area contributed by atoms with Gasteiger partial charge >= 0.3 is 6.09 Å². The van der Waals surface area contributed by atoms with E-state index in [1.807, 2.05) is 11.8 Å². The molecule has 2 aliphatic rings. The van der Waals surface area contributed by atoms with Crippen LogP contribution in [0.5, 0.6) is 0 Å². The molecule has 1 N–H and O–H groups in total. The molecule has 0 radical (unpaired) electrons. The number of fused-ring (bicyclic) bond motifs is 5. The Labute approximate surface area is 186 Å². The highest BCUT2D eigenvalue weighted by molar-refractivity contribution is 9.10. The number of carbonyl (C=O) groups is 2. The largest absolute Gasteiger partial charge is 0.444 e. The van der Waals surface area contributed by atoms with Crippen molar-refractivity contribution < 1.29 is 18.7 Å². The SMILES string of the molecule is C[C@@H]1CN2c3c(cnc4c(F)c(Br)c(Cl)cc34)NC(=O)[C@H]2CN1C(=O)OC(C)(C)C. The van der Waals surface area contributed by atoms with Crippen LogP contribution >= 0.6 is 27.5 Å². The highest BCUT2D eigenvalue weighted by Gasteiger charge is 2.43. The number of nitrogens with one attached hydrogen (secondary N) is 1. The molecule has 2 aromatic rings. The number of amides is 2. The number of aromatic nitrogens is 1. The number of carbonyl (C=O) groups excluding carboxylic acids is 2. The van der Waals surface area contributed by atoms with E-state index >= 15 is 0 Å². The zero-order valence-electron chi connectivity index (χ0n) is 16.9. The van der Waals surface area contributed by atoms with Crippen molar-refractivity contribution in [3.8, 4) is 0 Å². The minimum Gasteiger partial charge on any atom is -0.444 e. The van der Waals surface area contributed by atoms with E-state index in [0.717, 1.165) is 0 Å². The van der Waals surface area contributed by atoms with Gasteiger partial charge in [-0.1, -0.05) is 11.6 Å². The first-order valence-electron chi connectivity index (χ1n) is 9.51. The van der Waals surface area contributed by atoms with Crippen molar-refractivity contribution in [1.82, 2.24) is 9.88 Å². The fourth-order valence-corrected chi connectivity index (χ4v) is 4.36. The van der Waals surface area contributed by atoms with Crippen LogP contribution in [0.15, 0.2) is 16.7 Å². The van der Waals surface area contributed by atoms with E-state index in [4.69, 9.17) is 16.3 Å². The van der Waals surface area contributed by atoms with E-state index in [1.54, 1.807) is 31.7 Å². The molecule has 2 atom stereocenters. The maximum Gasteiger partial charge on any atom is 0.410 e. The minimum atomic E-state index is -0.641. The first kappa shape index (κ1) is 21.1. The highest BCUT2D eigenvalue weighted by atomic mass is 79.9. The van der Waals surface area contributed by atoms with Gasteiger partial charge in [0.25, 0.3) is 0 Å². The smallest absolute Gasteiger partial charge is 0.410 e. The highest BCUT2D eigenvalue weighted by Crippen LogP contribution is 2.43. The third-order valence-corrected chi connectivity index (χ3v) is 6.49. The number of hydrogen-bond acceptors (Lipinski definition) is 5. The first-order chi connectivity index (χ1) is 14.0. The Bertz CT molecular complexity index is 1070. The molecule has 2 aliphatic heterocycles. The fourth-order valence-electron chi connectivity index (χ4n) is 3.87.